The number of piperazine rings is 1. The van der Waals surface area contributed by atoms with Crippen LogP contribution in [-0.2, 0) is 17.8 Å². The molecule has 0 spiro atoms. The molecule has 1 N–H and O–H groups in total. The van der Waals surface area contributed by atoms with E-state index in [0.717, 1.165) is 37.3 Å². The fourth-order valence-electron chi connectivity index (χ4n) is 4.19. The Kier molecular flexibility index (Phi) is 6.27. The van der Waals surface area contributed by atoms with Gasteiger partial charge in [0, 0.05) is 50.5 Å². The zero-order valence-corrected chi connectivity index (χ0v) is 18.0. The monoisotopic (exact) mass is 474 g/mol. The molecule has 4 heterocycles. The van der Waals surface area contributed by atoms with E-state index in [1.165, 1.54) is 5.56 Å². The highest BCUT2D eigenvalue weighted by molar-refractivity contribution is 5.98. The predicted octanol–water partition coefficient (Wildman–Crippen LogP) is 2.55. The second-order valence-electron chi connectivity index (χ2n) is 7.92. The second-order valence-corrected chi connectivity index (χ2v) is 7.92. The number of anilines is 1. The summed E-state index contributed by atoms with van der Waals surface area (Å²) in [5, 5.41) is 7.78. The Bertz CT molecular complexity index is 1280. The van der Waals surface area contributed by atoms with Crippen molar-refractivity contribution in [2.75, 3.05) is 31.1 Å². The molecule has 11 heteroatoms. The highest BCUT2D eigenvalue weighted by atomic mass is 19.4. The molecular formula is C23H21F3N4O4. The second kappa shape index (κ2) is 9.16. The summed E-state index contributed by atoms with van der Waals surface area (Å²) >= 11 is 0. The summed E-state index contributed by atoms with van der Waals surface area (Å²) in [7, 11) is 0. The zero-order valence-electron chi connectivity index (χ0n) is 18.0. The number of benzene rings is 1. The van der Waals surface area contributed by atoms with Crippen LogP contribution in [0.15, 0.2) is 53.7 Å². The maximum Gasteiger partial charge on any atom is 0.490 e. The minimum atomic E-state index is -5.08. The molecule has 2 aliphatic heterocycles. The summed E-state index contributed by atoms with van der Waals surface area (Å²) < 4.78 is 33.8. The summed E-state index contributed by atoms with van der Waals surface area (Å²) in [6.07, 6.45) is 1.19. The summed E-state index contributed by atoms with van der Waals surface area (Å²) in [6, 6.07) is 9.75. The van der Waals surface area contributed by atoms with Crippen molar-refractivity contribution in [1.29, 1.82) is 0 Å². The smallest absolute Gasteiger partial charge is 0.475 e. The van der Waals surface area contributed by atoms with E-state index in [9.17, 15) is 22.8 Å². The number of carboxylic acid groups (broad SMARTS) is 1. The van der Waals surface area contributed by atoms with E-state index in [0.29, 0.717) is 18.5 Å². The molecule has 0 atom stereocenters. The Morgan fingerprint density at radius 1 is 1.00 bits per heavy atom. The number of amides is 1. The number of rotatable bonds is 2. The lowest BCUT2D eigenvalue weighted by molar-refractivity contribution is -0.192. The van der Waals surface area contributed by atoms with Crippen molar-refractivity contribution in [3.63, 3.8) is 0 Å². The number of hydrogen-bond acceptors (Lipinski definition) is 5. The van der Waals surface area contributed by atoms with Gasteiger partial charge in [-0.2, -0.15) is 13.2 Å². The lowest BCUT2D eigenvalue weighted by atomic mass is 10.1. The van der Waals surface area contributed by atoms with Crippen LogP contribution in [0.5, 0.6) is 0 Å². The molecule has 0 aliphatic carbocycles. The number of aliphatic carboxylic acids is 1. The molecule has 5 rings (SSSR count). The number of alkyl halides is 3. The molecule has 1 aromatic carbocycles. The van der Waals surface area contributed by atoms with Gasteiger partial charge in [-0.15, -0.1) is 0 Å². The average Bonchev–Trinajstić information content (AvgIpc) is 3.25. The lowest BCUT2D eigenvalue weighted by Gasteiger charge is -2.35. The molecule has 178 valence electrons. The van der Waals surface area contributed by atoms with E-state index in [4.69, 9.17) is 9.90 Å². The lowest BCUT2D eigenvalue weighted by Crippen LogP contribution is -2.49. The van der Waals surface area contributed by atoms with Crippen LogP contribution in [-0.4, -0.2) is 63.8 Å². The van der Waals surface area contributed by atoms with Gasteiger partial charge in [0.1, 0.15) is 5.56 Å². The number of carbonyl (C=O) groups is 2. The number of aromatic nitrogens is 2. The largest absolute Gasteiger partial charge is 0.490 e. The van der Waals surface area contributed by atoms with E-state index < -0.39 is 12.1 Å². The predicted molar refractivity (Wildman–Crippen MR) is 118 cm³/mol. The van der Waals surface area contributed by atoms with Crippen LogP contribution >= 0.6 is 0 Å². The van der Waals surface area contributed by atoms with E-state index >= 15 is 0 Å². The van der Waals surface area contributed by atoms with Crippen LogP contribution in [0, 0.1) is 0 Å². The van der Waals surface area contributed by atoms with Gasteiger partial charge < -0.3 is 19.5 Å². The first-order valence-electron chi connectivity index (χ1n) is 10.6. The van der Waals surface area contributed by atoms with Crippen molar-refractivity contribution < 1.29 is 27.9 Å². The van der Waals surface area contributed by atoms with Crippen molar-refractivity contribution in [2.45, 2.75) is 19.1 Å². The Hall–Kier alpha value is -3.89. The Labute approximate surface area is 191 Å². The van der Waals surface area contributed by atoms with Gasteiger partial charge in [0.25, 0.3) is 5.91 Å². The van der Waals surface area contributed by atoms with Crippen molar-refractivity contribution in [3.8, 4) is 0 Å². The number of halogens is 3. The summed E-state index contributed by atoms with van der Waals surface area (Å²) in [4.78, 5) is 43.1. The molecule has 1 fully saturated rings. The average molecular weight is 474 g/mol. The molecule has 1 amide bonds. The Morgan fingerprint density at radius 3 is 2.32 bits per heavy atom. The highest BCUT2D eigenvalue weighted by Crippen LogP contribution is 2.24. The van der Waals surface area contributed by atoms with Gasteiger partial charge in [0.15, 0.2) is 0 Å². The molecule has 0 radical (unpaired) electrons. The third-order valence-corrected chi connectivity index (χ3v) is 5.85. The minimum absolute atomic E-state index is 0.148. The molecule has 3 aromatic rings. The highest BCUT2D eigenvalue weighted by Gasteiger charge is 2.38. The zero-order chi connectivity index (χ0) is 24.5. The summed E-state index contributed by atoms with van der Waals surface area (Å²) in [6.45, 7) is 3.51. The van der Waals surface area contributed by atoms with Crippen molar-refractivity contribution in [2.24, 2.45) is 0 Å². The van der Waals surface area contributed by atoms with Gasteiger partial charge in [-0.05, 0) is 30.2 Å². The number of aryl methyl sites for hydroxylation is 2. The van der Waals surface area contributed by atoms with Crippen LogP contribution in [0.3, 0.4) is 0 Å². The first-order valence-corrected chi connectivity index (χ1v) is 10.6. The molecule has 8 nitrogen and oxygen atoms in total. The van der Waals surface area contributed by atoms with Gasteiger partial charge in [-0.25, -0.2) is 4.79 Å². The molecule has 0 saturated carbocycles. The molecule has 2 aliphatic rings. The first-order chi connectivity index (χ1) is 16.2. The summed E-state index contributed by atoms with van der Waals surface area (Å²) in [5.74, 6) is -2.92. The normalized spacial score (nSPS) is 15.1. The summed E-state index contributed by atoms with van der Waals surface area (Å²) in [5.41, 5.74) is 3.38. The molecule has 1 saturated heterocycles. The molecule has 2 aromatic heterocycles. The van der Waals surface area contributed by atoms with E-state index in [2.05, 4.69) is 20.5 Å². The van der Waals surface area contributed by atoms with Crippen LogP contribution < -0.4 is 10.3 Å². The number of carboxylic acids is 1. The van der Waals surface area contributed by atoms with E-state index in [1.807, 2.05) is 30.5 Å². The molecule has 34 heavy (non-hydrogen) atoms. The van der Waals surface area contributed by atoms with Crippen LogP contribution in [0.25, 0.3) is 10.9 Å². The topological polar surface area (TPSA) is 95.7 Å². The fourth-order valence-corrected chi connectivity index (χ4v) is 4.19. The van der Waals surface area contributed by atoms with Gasteiger partial charge in [0.2, 0.25) is 5.43 Å². The Balaban J connectivity index is 0.000000344. The number of nitrogens with zero attached hydrogens (tertiary/aromatic N) is 4. The maximum absolute atomic E-state index is 13.1. The van der Waals surface area contributed by atoms with Gasteiger partial charge in [-0.3, -0.25) is 14.6 Å². The first kappa shape index (κ1) is 23.3. The SMILES string of the molecule is O=C(O)C(F)(F)F.O=C(c1cn2c3c(cccc3c1=O)CC2)N1CCN(c2cccnc2)CC1. The van der Waals surface area contributed by atoms with Crippen LogP contribution in [0.2, 0.25) is 0 Å². The standard InChI is InChI=1S/C21H20N4O2.C2HF3O2/c26-20-17-5-1-3-15-6-8-25(19(15)17)14-18(20)21(27)24-11-9-23(10-12-24)16-4-2-7-22-13-16;3-2(4,5)1(6)7/h1-5,7,13-14H,6,8-12H2;(H,6,7). The van der Waals surface area contributed by atoms with E-state index in [-0.39, 0.29) is 16.9 Å². The number of carbonyl (C=O) groups excluding carboxylic acids is 1. The third kappa shape index (κ3) is 4.59. The van der Waals surface area contributed by atoms with Crippen LogP contribution in [0.1, 0.15) is 15.9 Å². The van der Waals surface area contributed by atoms with Crippen molar-refractivity contribution in [3.05, 3.63) is 70.3 Å². The Morgan fingerprint density at radius 2 is 1.71 bits per heavy atom. The molecule has 0 bridgehead atoms. The quantitative estimate of drug-likeness (QED) is 0.614. The number of pyridine rings is 2. The van der Waals surface area contributed by atoms with Gasteiger partial charge in [-0.1, -0.05) is 12.1 Å². The van der Waals surface area contributed by atoms with Crippen molar-refractivity contribution in [1.82, 2.24) is 14.5 Å². The van der Waals surface area contributed by atoms with Crippen LogP contribution in [0.4, 0.5) is 18.9 Å². The van der Waals surface area contributed by atoms with Gasteiger partial charge >= 0.3 is 12.1 Å². The minimum Gasteiger partial charge on any atom is -0.475 e. The number of para-hydroxylation sites is 1. The molecule has 0 unspecified atom stereocenters. The molecular weight excluding hydrogens is 453 g/mol. The third-order valence-electron chi connectivity index (χ3n) is 5.85. The van der Waals surface area contributed by atoms with Crippen molar-refractivity contribution >= 4 is 28.5 Å². The fraction of sp³-hybridized carbons (Fsp3) is 0.304. The maximum atomic E-state index is 13.1. The van der Waals surface area contributed by atoms with Gasteiger partial charge in [0.05, 0.1) is 17.4 Å². The number of hydrogen-bond donors (Lipinski definition) is 1. The van der Waals surface area contributed by atoms with E-state index in [1.54, 1.807) is 17.3 Å².